The second-order valence-corrected chi connectivity index (χ2v) is 4.85. The van der Waals surface area contributed by atoms with Crippen molar-refractivity contribution in [3.05, 3.63) is 28.7 Å². The van der Waals surface area contributed by atoms with Gasteiger partial charge in [0.15, 0.2) is 0 Å². The van der Waals surface area contributed by atoms with Gasteiger partial charge in [-0.3, -0.25) is 4.90 Å². The monoisotopic (exact) mass is 280 g/mol. The molecule has 1 saturated heterocycles. The van der Waals surface area contributed by atoms with Crippen molar-refractivity contribution in [2.24, 2.45) is 0 Å². The molecule has 0 N–H and O–H groups in total. The average Bonchev–Trinajstić information content (AvgIpc) is 2.30. The van der Waals surface area contributed by atoms with Gasteiger partial charge in [0, 0.05) is 17.1 Å². The number of ether oxygens (including phenoxy) is 1. The topological polar surface area (TPSA) is 36.3 Å². The van der Waals surface area contributed by atoms with E-state index in [1.165, 1.54) is 0 Å². The molecular formula is C12H13BrN2O. The van der Waals surface area contributed by atoms with E-state index in [1.807, 2.05) is 24.3 Å². The zero-order valence-corrected chi connectivity index (χ0v) is 10.6. The summed E-state index contributed by atoms with van der Waals surface area (Å²) in [6.07, 6.45) is 0.203. The summed E-state index contributed by atoms with van der Waals surface area (Å²) in [5, 5.41) is 8.59. The summed E-state index contributed by atoms with van der Waals surface area (Å²) in [6.45, 7) is 3.41. The maximum absolute atomic E-state index is 8.59. The molecule has 1 aromatic rings. The Morgan fingerprint density at radius 3 is 2.75 bits per heavy atom. The summed E-state index contributed by atoms with van der Waals surface area (Å²) in [5.41, 5.74) is 0. The third kappa shape index (κ3) is 2.37. The first-order chi connectivity index (χ1) is 7.70. The summed E-state index contributed by atoms with van der Waals surface area (Å²) in [4.78, 5) is 2.10. The molecule has 84 valence electrons. The molecule has 16 heavy (non-hydrogen) atoms. The fourth-order valence-corrected chi connectivity index (χ4v) is 2.03. The SMILES string of the molecule is CC1C(Oc2ccc(Br)cc2)CN1CC#N. The van der Waals surface area contributed by atoms with Crippen LogP contribution in [0.5, 0.6) is 5.75 Å². The highest BCUT2D eigenvalue weighted by Gasteiger charge is 2.36. The van der Waals surface area contributed by atoms with Crippen LogP contribution in [-0.2, 0) is 0 Å². The van der Waals surface area contributed by atoms with E-state index in [9.17, 15) is 0 Å². The van der Waals surface area contributed by atoms with Crippen LogP contribution in [0, 0.1) is 11.3 Å². The van der Waals surface area contributed by atoms with Crippen molar-refractivity contribution < 1.29 is 4.74 Å². The molecule has 2 rings (SSSR count). The molecule has 1 fully saturated rings. The van der Waals surface area contributed by atoms with E-state index in [4.69, 9.17) is 10.00 Å². The summed E-state index contributed by atoms with van der Waals surface area (Å²) in [7, 11) is 0. The van der Waals surface area contributed by atoms with Crippen LogP contribution in [0.1, 0.15) is 6.92 Å². The summed E-state index contributed by atoms with van der Waals surface area (Å²) in [5.74, 6) is 0.886. The minimum Gasteiger partial charge on any atom is -0.487 e. The number of rotatable bonds is 3. The zero-order valence-electron chi connectivity index (χ0n) is 9.06. The smallest absolute Gasteiger partial charge is 0.127 e. The molecule has 0 spiro atoms. The second-order valence-electron chi connectivity index (χ2n) is 3.94. The predicted octanol–water partition coefficient (Wildman–Crippen LogP) is 2.42. The molecule has 0 aliphatic carbocycles. The van der Waals surface area contributed by atoms with Crippen LogP contribution in [0.2, 0.25) is 0 Å². The van der Waals surface area contributed by atoms with Crippen LogP contribution < -0.4 is 4.74 Å². The minimum atomic E-state index is 0.203. The third-order valence-electron chi connectivity index (χ3n) is 2.90. The molecule has 2 atom stereocenters. The van der Waals surface area contributed by atoms with Crippen LogP contribution >= 0.6 is 15.9 Å². The fourth-order valence-electron chi connectivity index (χ4n) is 1.77. The Bertz CT molecular complexity index is 398. The Morgan fingerprint density at radius 1 is 1.50 bits per heavy atom. The number of nitrogens with zero attached hydrogens (tertiary/aromatic N) is 2. The van der Waals surface area contributed by atoms with Crippen molar-refractivity contribution in [3.8, 4) is 11.8 Å². The largest absolute Gasteiger partial charge is 0.487 e. The molecule has 0 amide bonds. The van der Waals surface area contributed by atoms with Gasteiger partial charge in [-0.25, -0.2) is 0 Å². The van der Waals surface area contributed by atoms with Crippen molar-refractivity contribution in [2.45, 2.75) is 19.1 Å². The van der Waals surface area contributed by atoms with Gasteiger partial charge in [0.2, 0.25) is 0 Å². The van der Waals surface area contributed by atoms with Crippen molar-refractivity contribution in [3.63, 3.8) is 0 Å². The molecule has 0 aromatic heterocycles. The van der Waals surface area contributed by atoms with Crippen molar-refractivity contribution >= 4 is 15.9 Å². The first kappa shape index (κ1) is 11.4. The predicted molar refractivity (Wildman–Crippen MR) is 65.2 cm³/mol. The maximum atomic E-state index is 8.59. The Kier molecular flexibility index (Phi) is 3.47. The van der Waals surface area contributed by atoms with Crippen molar-refractivity contribution in [1.29, 1.82) is 5.26 Å². The highest BCUT2D eigenvalue weighted by molar-refractivity contribution is 9.10. The lowest BCUT2D eigenvalue weighted by Crippen LogP contribution is -2.60. The quantitative estimate of drug-likeness (QED) is 0.798. The molecule has 2 unspecified atom stereocenters. The highest BCUT2D eigenvalue weighted by Crippen LogP contribution is 2.24. The average molecular weight is 281 g/mol. The Morgan fingerprint density at radius 2 is 2.19 bits per heavy atom. The maximum Gasteiger partial charge on any atom is 0.127 e. The first-order valence-electron chi connectivity index (χ1n) is 5.24. The Labute approximate surface area is 104 Å². The van der Waals surface area contributed by atoms with Gasteiger partial charge in [0.05, 0.1) is 12.6 Å². The number of hydrogen-bond acceptors (Lipinski definition) is 3. The van der Waals surface area contributed by atoms with E-state index in [0.29, 0.717) is 12.6 Å². The van der Waals surface area contributed by atoms with Gasteiger partial charge in [-0.2, -0.15) is 5.26 Å². The van der Waals surface area contributed by atoms with Crippen LogP contribution in [-0.4, -0.2) is 30.1 Å². The minimum absolute atomic E-state index is 0.203. The normalized spacial score (nSPS) is 24.6. The standard InChI is InChI=1S/C12H13BrN2O/c1-9-12(8-15(9)7-6-14)16-11-4-2-10(13)3-5-11/h2-5,9,12H,7-8H2,1H3. The lowest BCUT2D eigenvalue weighted by atomic mass is 10.0. The summed E-state index contributed by atoms with van der Waals surface area (Å²) >= 11 is 3.38. The van der Waals surface area contributed by atoms with Crippen molar-refractivity contribution in [2.75, 3.05) is 13.1 Å². The lowest BCUT2D eigenvalue weighted by Gasteiger charge is -2.44. The van der Waals surface area contributed by atoms with Gasteiger partial charge in [0.1, 0.15) is 11.9 Å². The lowest BCUT2D eigenvalue weighted by molar-refractivity contribution is -0.0271. The second kappa shape index (κ2) is 4.86. The Balaban J connectivity index is 1.89. The molecule has 4 heteroatoms. The molecule has 3 nitrogen and oxygen atoms in total. The number of hydrogen-bond donors (Lipinski definition) is 0. The summed E-state index contributed by atoms with van der Waals surface area (Å²) < 4.78 is 6.87. The molecule has 0 saturated carbocycles. The summed E-state index contributed by atoms with van der Waals surface area (Å²) in [6, 6.07) is 10.3. The molecule has 1 heterocycles. The van der Waals surface area contributed by atoms with Crippen LogP contribution in [0.3, 0.4) is 0 Å². The Hall–Kier alpha value is -1.05. The third-order valence-corrected chi connectivity index (χ3v) is 3.43. The van der Waals surface area contributed by atoms with Gasteiger partial charge in [-0.15, -0.1) is 0 Å². The number of halogens is 1. The first-order valence-corrected chi connectivity index (χ1v) is 6.03. The molecule has 0 radical (unpaired) electrons. The van der Waals surface area contributed by atoms with Crippen LogP contribution in [0.4, 0.5) is 0 Å². The zero-order chi connectivity index (χ0) is 11.5. The van der Waals surface area contributed by atoms with E-state index in [2.05, 4.69) is 33.8 Å². The van der Waals surface area contributed by atoms with Gasteiger partial charge in [-0.05, 0) is 31.2 Å². The fraction of sp³-hybridized carbons (Fsp3) is 0.417. The van der Waals surface area contributed by atoms with Gasteiger partial charge >= 0.3 is 0 Å². The molecular weight excluding hydrogens is 268 g/mol. The van der Waals surface area contributed by atoms with E-state index in [0.717, 1.165) is 16.8 Å². The number of nitriles is 1. The highest BCUT2D eigenvalue weighted by atomic mass is 79.9. The van der Waals surface area contributed by atoms with E-state index >= 15 is 0 Å². The molecule has 0 bridgehead atoms. The van der Waals surface area contributed by atoms with Crippen molar-refractivity contribution in [1.82, 2.24) is 4.90 Å². The number of benzene rings is 1. The molecule has 1 aliphatic rings. The van der Waals surface area contributed by atoms with Crippen LogP contribution in [0.15, 0.2) is 28.7 Å². The molecule has 1 aromatic carbocycles. The van der Waals surface area contributed by atoms with Gasteiger partial charge in [-0.1, -0.05) is 15.9 Å². The molecule has 1 aliphatic heterocycles. The van der Waals surface area contributed by atoms with E-state index in [-0.39, 0.29) is 6.10 Å². The van der Waals surface area contributed by atoms with Gasteiger partial charge < -0.3 is 4.74 Å². The van der Waals surface area contributed by atoms with Crippen LogP contribution in [0.25, 0.3) is 0 Å². The van der Waals surface area contributed by atoms with E-state index in [1.54, 1.807) is 0 Å². The van der Waals surface area contributed by atoms with E-state index < -0.39 is 0 Å². The van der Waals surface area contributed by atoms with Gasteiger partial charge in [0.25, 0.3) is 0 Å². The number of likely N-dealkylation sites (tertiary alicyclic amines) is 1.